The van der Waals surface area contributed by atoms with Crippen molar-refractivity contribution in [1.29, 1.82) is 0 Å². The Kier molecular flexibility index (Phi) is 4.48. The van der Waals surface area contributed by atoms with Crippen LogP contribution in [-0.2, 0) is 0 Å². The van der Waals surface area contributed by atoms with Gasteiger partial charge in [-0.15, -0.1) is 0 Å². The van der Waals surface area contributed by atoms with E-state index >= 15 is 0 Å². The molecule has 4 rings (SSSR count). The van der Waals surface area contributed by atoms with E-state index in [1.54, 1.807) is 0 Å². The molecule has 0 saturated carbocycles. The van der Waals surface area contributed by atoms with Gasteiger partial charge in [0, 0.05) is 19.1 Å². The molecule has 2 aliphatic heterocycles. The van der Waals surface area contributed by atoms with E-state index < -0.39 is 6.09 Å². The summed E-state index contributed by atoms with van der Waals surface area (Å²) in [5.41, 5.74) is 2.65. The number of aromatic nitrogens is 1. The first kappa shape index (κ1) is 17.1. The van der Waals surface area contributed by atoms with Crippen LogP contribution in [0.4, 0.5) is 4.79 Å². The van der Waals surface area contributed by atoms with Gasteiger partial charge in [-0.2, -0.15) is 0 Å². The Bertz CT molecular complexity index is 855. The maximum atomic E-state index is 12.4. The molecule has 0 radical (unpaired) electrons. The fourth-order valence-electron chi connectivity index (χ4n) is 4.31. The SMILES string of the molecule is CN1CCC(n2c(=O)oc3cc(C4CCN(C(=O)O)CC4)ccc32)CC1. The summed E-state index contributed by atoms with van der Waals surface area (Å²) in [5, 5.41) is 9.08. The third-order valence-corrected chi connectivity index (χ3v) is 5.93. The smallest absolute Gasteiger partial charge is 0.420 e. The summed E-state index contributed by atoms with van der Waals surface area (Å²) >= 11 is 0. The van der Waals surface area contributed by atoms with Crippen molar-refractivity contribution in [3.8, 4) is 0 Å². The zero-order valence-electron chi connectivity index (χ0n) is 15.1. The Labute approximate surface area is 151 Å². The fraction of sp³-hybridized carbons (Fsp3) is 0.579. The van der Waals surface area contributed by atoms with E-state index in [0.717, 1.165) is 49.9 Å². The second kappa shape index (κ2) is 6.79. The summed E-state index contributed by atoms with van der Waals surface area (Å²) < 4.78 is 7.38. The van der Waals surface area contributed by atoms with Crippen LogP contribution in [0.5, 0.6) is 0 Å². The molecule has 1 aromatic carbocycles. The van der Waals surface area contributed by atoms with Crippen molar-refractivity contribution in [3.63, 3.8) is 0 Å². The van der Waals surface area contributed by atoms with Gasteiger partial charge in [0.1, 0.15) is 0 Å². The van der Waals surface area contributed by atoms with E-state index in [9.17, 15) is 9.59 Å². The molecule has 26 heavy (non-hydrogen) atoms. The Morgan fingerprint density at radius 3 is 2.46 bits per heavy atom. The molecule has 1 aromatic heterocycles. The highest BCUT2D eigenvalue weighted by Gasteiger charge is 2.26. The predicted octanol–water partition coefficient (Wildman–Crippen LogP) is 2.72. The van der Waals surface area contributed by atoms with E-state index in [0.29, 0.717) is 24.6 Å². The van der Waals surface area contributed by atoms with E-state index in [2.05, 4.69) is 18.0 Å². The number of piperidine rings is 2. The van der Waals surface area contributed by atoms with Crippen LogP contribution in [-0.4, -0.2) is 58.8 Å². The van der Waals surface area contributed by atoms with Crippen molar-refractivity contribution in [2.45, 2.75) is 37.6 Å². The second-order valence-electron chi connectivity index (χ2n) is 7.54. The topological polar surface area (TPSA) is 78.9 Å². The summed E-state index contributed by atoms with van der Waals surface area (Å²) in [6, 6.07) is 6.24. The molecule has 0 unspecified atom stereocenters. The Morgan fingerprint density at radius 2 is 1.81 bits per heavy atom. The molecular weight excluding hydrogens is 334 g/mol. The summed E-state index contributed by atoms with van der Waals surface area (Å²) in [5.74, 6) is 0.0411. The lowest BCUT2D eigenvalue weighted by Crippen LogP contribution is -2.36. The third kappa shape index (κ3) is 3.11. The van der Waals surface area contributed by atoms with Crippen LogP contribution in [0.1, 0.15) is 43.2 Å². The van der Waals surface area contributed by atoms with E-state index in [1.165, 1.54) is 4.90 Å². The normalized spacial score (nSPS) is 20.7. The maximum absolute atomic E-state index is 12.4. The van der Waals surface area contributed by atoms with Crippen LogP contribution < -0.4 is 5.76 Å². The first-order chi connectivity index (χ1) is 12.5. The quantitative estimate of drug-likeness (QED) is 0.892. The number of fused-ring (bicyclic) bond motifs is 1. The van der Waals surface area contributed by atoms with Crippen LogP contribution in [0, 0.1) is 0 Å². The number of oxazole rings is 1. The molecule has 0 spiro atoms. The predicted molar refractivity (Wildman–Crippen MR) is 97.8 cm³/mol. The minimum absolute atomic E-state index is 0.199. The first-order valence-electron chi connectivity index (χ1n) is 9.34. The van der Waals surface area contributed by atoms with Crippen molar-refractivity contribution in [3.05, 3.63) is 34.3 Å². The summed E-state index contributed by atoms with van der Waals surface area (Å²) in [7, 11) is 2.11. The molecule has 1 amide bonds. The van der Waals surface area contributed by atoms with Gasteiger partial charge >= 0.3 is 11.8 Å². The van der Waals surface area contributed by atoms with Gasteiger partial charge in [0.15, 0.2) is 5.58 Å². The molecule has 2 aliphatic rings. The molecule has 7 nitrogen and oxygen atoms in total. The van der Waals surface area contributed by atoms with Gasteiger partial charge in [0.2, 0.25) is 0 Å². The largest absolute Gasteiger partial charge is 0.465 e. The molecule has 0 atom stereocenters. The number of benzene rings is 1. The highest BCUT2D eigenvalue weighted by molar-refractivity contribution is 5.74. The monoisotopic (exact) mass is 359 g/mol. The number of likely N-dealkylation sites (tertiary alicyclic amines) is 2. The average molecular weight is 359 g/mol. The molecule has 1 N–H and O–H groups in total. The molecular formula is C19H25N3O4. The molecule has 3 heterocycles. The van der Waals surface area contributed by atoms with Crippen molar-refractivity contribution in [2.75, 3.05) is 33.2 Å². The van der Waals surface area contributed by atoms with Crippen molar-refractivity contribution in [1.82, 2.24) is 14.4 Å². The van der Waals surface area contributed by atoms with Crippen LogP contribution in [0.2, 0.25) is 0 Å². The maximum Gasteiger partial charge on any atom is 0.420 e. The highest BCUT2D eigenvalue weighted by atomic mass is 16.4. The van der Waals surface area contributed by atoms with Crippen LogP contribution >= 0.6 is 0 Å². The van der Waals surface area contributed by atoms with Gasteiger partial charge in [0.05, 0.1) is 5.52 Å². The Balaban J connectivity index is 1.57. The number of carbonyl (C=O) groups is 1. The minimum Gasteiger partial charge on any atom is -0.465 e. The standard InChI is InChI=1S/C19H25N3O4/c1-20-8-6-15(7-9-20)22-16-3-2-14(12-17(16)26-19(22)25)13-4-10-21(11-5-13)18(23)24/h2-3,12-13,15H,4-11H2,1H3,(H,23,24). The number of hydrogen-bond donors (Lipinski definition) is 1. The molecule has 2 saturated heterocycles. The first-order valence-corrected chi connectivity index (χ1v) is 9.34. The van der Waals surface area contributed by atoms with Gasteiger partial charge in [-0.1, -0.05) is 6.07 Å². The van der Waals surface area contributed by atoms with Gasteiger partial charge in [0.25, 0.3) is 0 Å². The lowest BCUT2D eigenvalue weighted by molar-refractivity contribution is 0.132. The van der Waals surface area contributed by atoms with Crippen molar-refractivity contribution < 1.29 is 14.3 Å². The zero-order valence-corrected chi connectivity index (χ0v) is 15.1. The number of rotatable bonds is 2. The molecule has 2 aromatic rings. The Morgan fingerprint density at radius 1 is 1.12 bits per heavy atom. The lowest BCUT2D eigenvalue weighted by Gasteiger charge is -2.30. The van der Waals surface area contributed by atoms with Crippen molar-refractivity contribution in [2.24, 2.45) is 0 Å². The number of carboxylic acid groups (broad SMARTS) is 1. The molecule has 0 bridgehead atoms. The van der Waals surface area contributed by atoms with Gasteiger partial charge in [-0.3, -0.25) is 4.57 Å². The number of nitrogens with zero attached hydrogens (tertiary/aromatic N) is 3. The average Bonchev–Trinajstić information content (AvgIpc) is 2.97. The summed E-state index contributed by atoms with van der Waals surface area (Å²) in [4.78, 5) is 27.2. The van der Waals surface area contributed by atoms with E-state index in [1.807, 2.05) is 16.7 Å². The van der Waals surface area contributed by atoms with Crippen molar-refractivity contribution >= 4 is 17.2 Å². The molecule has 140 valence electrons. The Hall–Kier alpha value is -2.28. The zero-order chi connectivity index (χ0) is 18.3. The van der Waals surface area contributed by atoms with Crippen LogP contribution in [0.3, 0.4) is 0 Å². The van der Waals surface area contributed by atoms with E-state index in [-0.39, 0.29) is 11.8 Å². The molecule has 7 heteroatoms. The highest BCUT2D eigenvalue weighted by Crippen LogP contribution is 2.31. The molecule has 0 aliphatic carbocycles. The van der Waals surface area contributed by atoms with Gasteiger partial charge in [-0.25, -0.2) is 9.59 Å². The molecule has 2 fully saturated rings. The fourth-order valence-corrected chi connectivity index (χ4v) is 4.31. The summed E-state index contributed by atoms with van der Waals surface area (Å²) in [6.45, 7) is 3.09. The number of hydrogen-bond acceptors (Lipinski definition) is 4. The lowest BCUT2D eigenvalue weighted by atomic mass is 9.89. The minimum atomic E-state index is -0.847. The van der Waals surface area contributed by atoms with Gasteiger partial charge in [-0.05, 0) is 69.4 Å². The van der Waals surface area contributed by atoms with Crippen LogP contribution in [0.15, 0.2) is 27.4 Å². The second-order valence-corrected chi connectivity index (χ2v) is 7.54. The third-order valence-electron chi connectivity index (χ3n) is 5.93. The summed E-state index contributed by atoms with van der Waals surface area (Å²) in [6.07, 6.45) is 2.68. The van der Waals surface area contributed by atoms with Crippen LogP contribution in [0.25, 0.3) is 11.1 Å². The van der Waals surface area contributed by atoms with Gasteiger partial charge < -0.3 is 19.3 Å². The number of amides is 1. The van der Waals surface area contributed by atoms with E-state index in [4.69, 9.17) is 9.52 Å².